The molecule has 1 aliphatic heterocycles. The van der Waals surface area contributed by atoms with Gasteiger partial charge in [-0.15, -0.1) is 0 Å². The number of carbonyl (C=O) groups excluding carboxylic acids is 2. The first-order chi connectivity index (χ1) is 14.5. The minimum absolute atomic E-state index is 0.00414. The first kappa shape index (κ1) is 20.4. The standard InChI is InChI=1S/C23H25F2N3O2/c24-18-5-4-17(20(25)12-18)13-27-21(29)19-14-28(15-23(19)8-2-1-3-9-23)22(30)16-6-10-26-11-7-16/h4-7,10-12,19H,1-3,8-9,13-15H2,(H,27,29). The monoisotopic (exact) mass is 413 g/mol. The number of amides is 2. The highest BCUT2D eigenvalue weighted by molar-refractivity contribution is 5.95. The number of benzene rings is 1. The maximum absolute atomic E-state index is 13.9. The predicted molar refractivity (Wildman–Crippen MR) is 107 cm³/mol. The quantitative estimate of drug-likeness (QED) is 0.832. The molecule has 1 aromatic heterocycles. The number of aromatic nitrogens is 1. The molecular weight excluding hydrogens is 388 g/mol. The van der Waals surface area contributed by atoms with Crippen molar-refractivity contribution in [2.24, 2.45) is 11.3 Å². The largest absolute Gasteiger partial charge is 0.352 e. The smallest absolute Gasteiger partial charge is 0.254 e. The van der Waals surface area contributed by atoms with E-state index in [0.717, 1.165) is 38.2 Å². The fourth-order valence-corrected chi connectivity index (χ4v) is 4.89. The molecule has 1 aliphatic carbocycles. The zero-order valence-corrected chi connectivity index (χ0v) is 16.7. The number of carbonyl (C=O) groups is 2. The highest BCUT2D eigenvalue weighted by atomic mass is 19.1. The molecule has 158 valence electrons. The van der Waals surface area contributed by atoms with E-state index in [2.05, 4.69) is 10.3 Å². The molecule has 1 saturated carbocycles. The highest BCUT2D eigenvalue weighted by Crippen LogP contribution is 2.48. The predicted octanol–water partition coefficient (Wildman–Crippen LogP) is 3.70. The molecular formula is C23H25F2N3O2. The lowest BCUT2D eigenvalue weighted by molar-refractivity contribution is -0.128. The summed E-state index contributed by atoms with van der Waals surface area (Å²) in [6.45, 7) is 0.895. The van der Waals surface area contributed by atoms with E-state index in [4.69, 9.17) is 0 Å². The first-order valence-electron chi connectivity index (χ1n) is 10.4. The van der Waals surface area contributed by atoms with Crippen LogP contribution in [-0.4, -0.2) is 34.8 Å². The zero-order chi connectivity index (χ0) is 21.1. The minimum atomic E-state index is -0.677. The summed E-state index contributed by atoms with van der Waals surface area (Å²) in [5, 5.41) is 2.82. The van der Waals surface area contributed by atoms with Crippen molar-refractivity contribution in [2.45, 2.75) is 38.6 Å². The molecule has 0 bridgehead atoms. The summed E-state index contributed by atoms with van der Waals surface area (Å²) in [7, 11) is 0. The zero-order valence-electron chi connectivity index (χ0n) is 16.7. The Balaban J connectivity index is 1.50. The second-order valence-corrected chi connectivity index (χ2v) is 8.35. The van der Waals surface area contributed by atoms with Gasteiger partial charge in [0, 0.05) is 54.6 Å². The SMILES string of the molecule is O=C(NCc1ccc(F)cc1F)C1CN(C(=O)c2ccncc2)CC12CCCCC2. The summed E-state index contributed by atoms with van der Waals surface area (Å²) in [6, 6.07) is 6.70. The summed E-state index contributed by atoms with van der Waals surface area (Å²) in [5.41, 5.74) is 0.558. The van der Waals surface area contributed by atoms with Crippen LogP contribution in [0.25, 0.3) is 0 Å². The number of halogens is 2. The normalized spacial score (nSPS) is 20.3. The topological polar surface area (TPSA) is 62.3 Å². The maximum atomic E-state index is 13.9. The van der Waals surface area contributed by atoms with Gasteiger partial charge in [0.2, 0.25) is 5.91 Å². The average molecular weight is 413 g/mol. The van der Waals surface area contributed by atoms with Crippen LogP contribution in [0.15, 0.2) is 42.7 Å². The van der Waals surface area contributed by atoms with E-state index in [-0.39, 0.29) is 35.3 Å². The van der Waals surface area contributed by atoms with Crippen LogP contribution in [0, 0.1) is 23.0 Å². The molecule has 2 aromatic rings. The van der Waals surface area contributed by atoms with Crippen LogP contribution in [-0.2, 0) is 11.3 Å². The Bertz CT molecular complexity index is 929. The van der Waals surface area contributed by atoms with Crippen molar-refractivity contribution in [2.75, 3.05) is 13.1 Å². The third-order valence-corrected chi connectivity index (χ3v) is 6.50. The second-order valence-electron chi connectivity index (χ2n) is 8.35. The number of nitrogens with one attached hydrogen (secondary N) is 1. The molecule has 2 heterocycles. The fourth-order valence-electron chi connectivity index (χ4n) is 4.89. The molecule has 1 aromatic carbocycles. The lowest BCUT2D eigenvalue weighted by atomic mass is 9.67. The van der Waals surface area contributed by atoms with E-state index >= 15 is 0 Å². The third-order valence-electron chi connectivity index (χ3n) is 6.50. The van der Waals surface area contributed by atoms with Gasteiger partial charge in [-0.1, -0.05) is 25.3 Å². The van der Waals surface area contributed by atoms with E-state index < -0.39 is 11.6 Å². The van der Waals surface area contributed by atoms with Crippen LogP contribution in [0.5, 0.6) is 0 Å². The van der Waals surface area contributed by atoms with Crippen molar-refractivity contribution in [3.05, 3.63) is 65.5 Å². The van der Waals surface area contributed by atoms with Crippen molar-refractivity contribution in [3.8, 4) is 0 Å². The Morgan fingerprint density at radius 1 is 1.10 bits per heavy atom. The minimum Gasteiger partial charge on any atom is -0.352 e. The van der Waals surface area contributed by atoms with Crippen LogP contribution in [0.3, 0.4) is 0 Å². The molecule has 4 rings (SSSR count). The number of nitrogens with zero attached hydrogens (tertiary/aromatic N) is 2. The Hall–Kier alpha value is -2.83. The number of likely N-dealkylation sites (tertiary alicyclic amines) is 1. The van der Waals surface area contributed by atoms with Crippen molar-refractivity contribution in [1.82, 2.24) is 15.2 Å². The van der Waals surface area contributed by atoms with Crippen LogP contribution in [0.1, 0.15) is 48.0 Å². The van der Waals surface area contributed by atoms with Crippen molar-refractivity contribution in [1.29, 1.82) is 0 Å². The van der Waals surface area contributed by atoms with Crippen molar-refractivity contribution >= 4 is 11.8 Å². The van der Waals surface area contributed by atoms with Crippen LogP contribution in [0.2, 0.25) is 0 Å². The molecule has 1 N–H and O–H groups in total. The van der Waals surface area contributed by atoms with Gasteiger partial charge in [0.25, 0.3) is 5.91 Å². The molecule has 7 heteroatoms. The van der Waals surface area contributed by atoms with Gasteiger partial charge >= 0.3 is 0 Å². The van der Waals surface area contributed by atoms with Crippen molar-refractivity contribution < 1.29 is 18.4 Å². The lowest BCUT2D eigenvalue weighted by Crippen LogP contribution is -2.42. The first-order valence-corrected chi connectivity index (χ1v) is 10.4. The van der Waals surface area contributed by atoms with E-state index in [1.165, 1.54) is 12.1 Å². The fraction of sp³-hybridized carbons (Fsp3) is 0.435. The van der Waals surface area contributed by atoms with Gasteiger partial charge < -0.3 is 10.2 Å². The van der Waals surface area contributed by atoms with E-state index in [9.17, 15) is 18.4 Å². The van der Waals surface area contributed by atoms with Gasteiger partial charge in [0.1, 0.15) is 11.6 Å². The van der Waals surface area contributed by atoms with E-state index in [1.54, 1.807) is 29.4 Å². The maximum Gasteiger partial charge on any atom is 0.254 e. The van der Waals surface area contributed by atoms with Crippen LogP contribution >= 0.6 is 0 Å². The van der Waals surface area contributed by atoms with E-state index in [1.807, 2.05) is 0 Å². The summed E-state index contributed by atoms with van der Waals surface area (Å²) in [6.07, 6.45) is 8.17. The molecule has 2 fully saturated rings. The number of rotatable bonds is 4. The lowest BCUT2D eigenvalue weighted by Gasteiger charge is -2.37. The molecule has 2 amide bonds. The molecule has 5 nitrogen and oxygen atoms in total. The summed E-state index contributed by atoms with van der Waals surface area (Å²) in [4.78, 5) is 31.8. The Kier molecular flexibility index (Phi) is 5.79. The van der Waals surface area contributed by atoms with Crippen LogP contribution < -0.4 is 5.32 Å². The number of pyridine rings is 1. The molecule has 1 atom stereocenters. The Labute approximate surface area is 174 Å². The molecule has 1 spiro atoms. The molecule has 30 heavy (non-hydrogen) atoms. The molecule has 0 radical (unpaired) electrons. The van der Waals surface area contributed by atoms with Crippen LogP contribution in [0.4, 0.5) is 8.78 Å². The van der Waals surface area contributed by atoms with E-state index in [0.29, 0.717) is 18.7 Å². The van der Waals surface area contributed by atoms with Gasteiger partial charge in [0.15, 0.2) is 0 Å². The Morgan fingerprint density at radius 2 is 1.83 bits per heavy atom. The molecule has 1 saturated heterocycles. The number of hydrogen-bond acceptors (Lipinski definition) is 3. The second kappa shape index (κ2) is 8.50. The van der Waals surface area contributed by atoms with Gasteiger partial charge in [-0.3, -0.25) is 14.6 Å². The van der Waals surface area contributed by atoms with Gasteiger partial charge in [-0.25, -0.2) is 8.78 Å². The third kappa shape index (κ3) is 4.06. The summed E-state index contributed by atoms with van der Waals surface area (Å²) in [5.74, 6) is -1.94. The highest BCUT2D eigenvalue weighted by Gasteiger charge is 2.51. The number of hydrogen-bond donors (Lipinski definition) is 1. The van der Waals surface area contributed by atoms with Crippen molar-refractivity contribution in [3.63, 3.8) is 0 Å². The van der Waals surface area contributed by atoms with Gasteiger partial charge in [-0.05, 0) is 31.0 Å². The average Bonchev–Trinajstić information content (AvgIpc) is 3.12. The Morgan fingerprint density at radius 3 is 2.53 bits per heavy atom. The summed E-state index contributed by atoms with van der Waals surface area (Å²) < 4.78 is 27.1. The van der Waals surface area contributed by atoms with Gasteiger partial charge in [-0.2, -0.15) is 0 Å². The van der Waals surface area contributed by atoms with Gasteiger partial charge in [0.05, 0.1) is 5.92 Å². The molecule has 2 aliphatic rings. The summed E-state index contributed by atoms with van der Waals surface area (Å²) >= 11 is 0. The molecule has 1 unspecified atom stereocenters.